The van der Waals surface area contributed by atoms with Crippen molar-refractivity contribution in [1.82, 2.24) is 0 Å². The lowest BCUT2D eigenvalue weighted by Gasteiger charge is -2.19. The zero-order chi connectivity index (χ0) is 16.6. The largest absolute Gasteiger partial charge is 0.458 e. The minimum atomic E-state index is -0.115. The van der Waals surface area contributed by atoms with E-state index in [2.05, 4.69) is 0 Å². The third kappa shape index (κ3) is 4.75. The quantitative estimate of drug-likeness (QED) is 0.442. The van der Waals surface area contributed by atoms with E-state index in [0.29, 0.717) is 11.5 Å². The van der Waals surface area contributed by atoms with E-state index >= 15 is 0 Å². The van der Waals surface area contributed by atoms with Crippen LogP contribution in [0.25, 0.3) is 0 Å². The molecule has 24 heavy (non-hydrogen) atoms. The van der Waals surface area contributed by atoms with E-state index < -0.39 is 0 Å². The number of benzene rings is 2. The molecule has 1 aliphatic rings. The third-order valence-corrected chi connectivity index (χ3v) is 4.18. The van der Waals surface area contributed by atoms with Gasteiger partial charge in [0.15, 0.2) is 0 Å². The molecule has 0 atom stereocenters. The van der Waals surface area contributed by atoms with Gasteiger partial charge in [0.2, 0.25) is 6.79 Å². The fraction of sp³-hybridized carbons (Fsp3) is 0.350. The van der Waals surface area contributed by atoms with Gasteiger partial charge in [0.1, 0.15) is 17.2 Å². The molecule has 1 fully saturated rings. The van der Waals surface area contributed by atoms with Crippen LogP contribution in [0.4, 0.5) is 0 Å². The molecule has 4 nitrogen and oxygen atoms in total. The molecule has 126 valence electrons. The van der Waals surface area contributed by atoms with E-state index in [1.54, 1.807) is 24.3 Å². The summed E-state index contributed by atoms with van der Waals surface area (Å²) in [6.07, 6.45) is 5.34. The Morgan fingerprint density at radius 1 is 0.792 bits per heavy atom. The summed E-state index contributed by atoms with van der Waals surface area (Å²) in [6, 6.07) is 16.5. The van der Waals surface area contributed by atoms with Crippen molar-refractivity contribution in [3.8, 4) is 17.2 Å². The summed E-state index contributed by atoms with van der Waals surface area (Å²) >= 11 is 0. The lowest BCUT2D eigenvalue weighted by Crippen LogP contribution is -2.22. The van der Waals surface area contributed by atoms with Crippen molar-refractivity contribution >= 4 is 5.97 Å². The number of carbonyl (C=O) groups is 1. The molecule has 0 unspecified atom stereocenters. The molecule has 0 spiro atoms. The number of hydrogen-bond donors (Lipinski definition) is 0. The van der Waals surface area contributed by atoms with Crippen LogP contribution in [0.3, 0.4) is 0 Å². The SMILES string of the molecule is O=C(Oc1ccc(OCOc2ccccc2)cc1)C1CCCCC1. The molecule has 0 heterocycles. The molecule has 2 aromatic carbocycles. The van der Waals surface area contributed by atoms with E-state index in [9.17, 15) is 4.79 Å². The van der Waals surface area contributed by atoms with Crippen LogP contribution >= 0.6 is 0 Å². The van der Waals surface area contributed by atoms with Gasteiger partial charge in [-0.05, 0) is 49.2 Å². The predicted molar refractivity (Wildman–Crippen MR) is 91.2 cm³/mol. The number of ether oxygens (including phenoxy) is 3. The number of carbonyl (C=O) groups excluding carboxylic acids is 1. The molecular weight excluding hydrogens is 304 g/mol. The molecule has 2 aromatic rings. The monoisotopic (exact) mass is 326 g/mol. The minimum Gasteiger partial charge on any atom is -0.458 e. The maximum atomic E-state index is 12.1. The molecule has 0 saturated heterocycles. The summed E-state index contributed by atoms with van der Waals surface area (Å²) in [7, 11) is 0. The molecule has 0 radical (unpaired) electrons. The Morgan fingerprint density at radius 2 is 1.38 bits per heavy atom. The summed E-state index contributed by atoms with van der Waals surface area (Å²) in [5.74, 6) is 1.92. The van der Waals surface area contributed by atoms with Gasteiger partial charge in [-0.25, -0.2) is 0 Å². The summed E-state index contributed by atoms with van der Waals surface area (Å²) in [5, 5.41) is 0. The number of esters is 1. The molecule has 0 aliphatic heterocycles. The highest BCUT2D eigenvalue weighted by atomic mass is 16.7. The molecule has 3 rings (SSSR count). The second kappa shape index (κ2) is 8.39. The maximum absolute atomic E-state index is 12.1. The van der Waals surface area contributed by atoms with Crippen LogP contribution < -0.4 is 14.2 Å². The van der Waals surface area contributed by atoms with E-state index in [1.165, 1.54) is 6.42 Å². The van der Waals surface area contributed by atoms with Gasteiger partial charge < -0.3 is 14.2 Å². The molecule has 0 aromatic heterocycles. The highest BCUT2D eigenvalue weighted by molar-refractivity contribution is 5.75. The first-order valence-electron chi connectivity index (χ1n) is 8.44. The summed E-state index contributed by atoms with van der Waals surface area (Å²) in [5.41, 5.74) is 0. The standard InChI is InChI=1S/C20H22O4/c21-20(16-7-3-1-4-8-16)24-19-13-11-18(12-14-19)23-15-22-17-9-5-2-6-10-17/h2,5-6,9-14,16H,1,3-4,7-8,15H2. The molecule has 4 heteroatoms. The second-order valence-corrected chi connectivity index (χ2v) is 5.95. The van der Waals surface area contributed by atoms with E-state index in [-0.39, 0.29) is 18.7 Å². The van der Waals surface area contributed by atoms with Gasteiger partial charge >= 0.3 is 5.97 Å². The van der Waals surface area contributed by atoms with Crippen molar-refractivity contribution in [3.05, 3.63) is 54.6 Å². The third-order valence-electron chi connectivity index (χ3n) is 4.18. The molecule has 1 aliphatic carbocycles. The average molecular weight is 326 g/mol. The Labute approximate surface area is 142 Å². The summed E-state index contributed by atoms with van der Waals surface area (Å²) in [4.78, 5) is 12.1. The smallest absolute Gasteiger partial charge is 0.314 e. The van der Waals surface area contributed by atoms with Gasteiger partial charge in [-0.15, -0.1) is 0 Å². The van der Waals surface area contributed by atoms with Gasteiger partial charge in [0.25, 0.3) is 0 Å². The molecule has 0 bridgehead atoms. The van der Waals surface area contributed by atoms with Crippen LogP contribution in [0.15, 0.2) is 54.6 Å². The zero-order valence-electron chi connectivity index (χ0n) is 13.6. The Morgan fingerprint density at radius 3 is 2.04 bits per heavy atom. The lowest BCUT2D eigenvalue weighted by atomic mass is 9.89. The fourth-order valence-electron chi connectivity index (χ4n) is 2.82. The fourth-order valence-corrected chi connectivity index (χ4v) is 2.82. The van der Waals surface area contributed by atoms with Crippen molar-refractivity contribution in [2.24, 2.45) is 5.92 Å². The first kappa shape index (κ1) is 16.4. The number of rotatable bonds is 6. The van der Waals surface area contributed by atoms with Crippen molar-refractivity contribution in [2.45, 2.75) is 32.1 Å². The van der Waals surface area contributed by atoms with Crippen LogP contribution in [0, 0.1) is 5.92 Å². The Kier molecular flexibility index (Phi) is 5.72. The minimum absolute atomic E-state index is 0.0500. The van der Waals surface area contributed by atoms with E-state index in [0.717, 1.165) is 31.4 Å². The Hall–Kier alpha value is -2.49. The Bertz CT molecular complexity index is 630. The lowest BCUT2D eigenvalue weighted by molar-refractivity contribution is -0.139. The average Bonchev–Trinajstić information content (AvgIpc) is 2.65. The van der Waals surface area contributed by atoms with E-state index in [4.69, 9.17) is 14.2 Å². The van der Waals surface area contributed by atoms with Gasteiger partial charge in [-0.2, -0.15) is 0 Å². The van der Waals surface area contributed by atoms with Crippen LogP contribution in [-0.4, -0.2) is 12.8 Å². The number of para-hydroxylation sites is 1. The second-order valence-electron chi connectivity index (χ2n) is 5.95. The van der Waals surface area contributed by atoms with Crippen molar-refractivity contribution in [1.29, 1.82) is 0 Å². The topological polar surface area (TPSA) is 44.8 Å². The highest BCUT2D eigenvalue weighted by Crippen LogP contribution is 2.26. The molecular formula is C20H22O4. The molecule has 0 N–H and O–H groups in total. The van der Waals surface area contributed by atoms with Gasteiger partial charge in [-0.3, -0.25) is 4.79 Å². The van der Waals surface area contributed by atoms with Crippen molar-refractivity contribution < 1.29 is 19.0 Å². The summed E-state index contributed by atoms with van der Waals surface area (Å²) < 4.78 is 16.5. The molecule has 1 saturated carbocycles. The van der Waals surface area contributed by atoms with Crippen LogP contribution in [0.2, 0.25) is 0 Å². The first-order valence-corrected chi connectivity index (χ1v) is 8.44. The van der Waals surface area contributed by atoms with Crippen LogP contribution in [0.1, 0.15) is 32.1 Å². The van der Waals surface area contributed by atoms with Crippen LogP contribution in [0.5, 0.6) is 17.2 Å². The Balaban J connectivity index is 1.45. The highest BCUT2D eigenvalue weighted by Gasteiger charge is 2.22. The first-order chi connectivity index (χ1) is 11.8. The predicted octanol–water partition coefficient (Wildman–Crippen LogP) is 4.59. The van der Waals surface area contributed by atoms with Crippen molar-refractivity contribution in [2.75, 3.05) is 6.79 Å². The molecule has 0 amide bonds. The van der Waals surface area contributed by atoms with E-state index in [1.807, 2.05) is 30.3 Å². The van der Waals surface area contributed by atoms with Gasteiger partial charge in [-0.1, -0.05) is 37.5 Å². The van der Waals surface area contributed by atoms with Crippen molar-refractivity contribution in [3.63, 3.8) is 0 Å². The maximum Gasteiger partial charge on any atom is 0.314 e. The summed E-state index contributed by atoms with van der Waals surface area (Å²) in [6.45, 7) is 0.130. The number of hydrogen-bond acceptors (Lipinski definition) is 4. The normalized spacial score (nSPS) is 14.8. The van der Waals surface area contributed by atoms with Crippen LogP contribution in [-0.2, 0) is 4.79 Å². The zero-order valence-corrected chi connectivity index (χ0v) is 13.6. The van der Waals surface area contributed by atoms with Gasteiger partial charge in [0, 0.05) is 0 Å². The van der Waals surface area contributed by atoms with Gasteiger partial charge in [0.05, 0.1) is 5.92 Å².